The Balaban J connectivity index is 2.03. The third-order valence-electron chi connectivity index (χ3n) is 2.84. The maximum atomic E-state index is 12.2. The van der Waals surface area contributed by atoms with Gasteiger partial charge in [0, 0.05) is 24.0 Å². The van der Waals surface area contributed by atoms with Crippen molar-refractivity contribution in [2.24, 2.45) is 0 Å². The van der Waals surface area contributed by atoms with Gasteiger partial charge >= 0.3 is 6.36 Å². The molecule has 0 aliphatic rings. The van der Waals surface area contributed by atoms with Gasteiger partial charge in [-0.1, -0.05) is 6.07 Å². The summed E-state index contributed by atoms with van der Waals surface area (Å²) in [5.74, 6) is -0.245. The van der Waals surface area contributed by atoms with E-state index in [1.165, 1.54) is 18.2 Å². The Bertz CT molecular complexity index is 593. The molecule has 2 aromatic rings. The van der Waals surface area contributed by atoms with Crippen molar-refractivity contribution in [1.82, 2.24) is 9.55 Å². The van der Waals surface area contributed by atoms with Crippen molar-refractivity contribution in [2.75, 3.05) is 5.32 Å². The van der Waals surface area contributed by atoms with Crippen LogP contribution in [0.3, 0.4) is 0 Å². The molecule has 0 aliphatic carbocycles. The average molecular weight is 299 g/mol. The smallest absolute Gasteiger partial charge is 0.406 e. The van der Waals surface area contributed by atoms with Crippen LogP contribution in [-0.4, -0.2) is 15.9 Å². The SMILES string of the molecule is CC(C)n1cncc1CNc1cccc(OC(F)(F)F)c1. The highest BCUT2D eigenvalue weighted by Gasteiger charge is 2.31. The minimum atomic E-state index is -4.69. The lowest BCUT2D eigenvalue weighted by atomic mass is 10.3. The molecule has 0 spiro atoms. The van der Waals surface area contributed by atoms with Gasteiger partial charge in [-0.2, -0.15) is 0 Å². The molecule has 2 rings (SSSR count). The van der Waals surface area contributed by atoms with Crippen molar-refractivity contribution in [3.05, 3.63) is 42.5 Å². The van der Waals surface area contributed by atoms with E-state index in [0.29, 0.717) is 12.2 Å². The van der Waals surface area contributed by atoms with Crippen molar-refractivity contribution in [3.8, 4) is 5.75 Å². The van der Waals surface area contributed by atoms with Gasteiger partial charge in [0.2, 0.25) is 0 Å². The molecule has 0 saturated heterocycles. The van der Waals surface area contributed by atoms with Crippen molar-refractivity contribution in [1.29, 1.82) is 0 Å². The molecule has 0 radical (unpaired) electrons. The lowest BCUT2D eigenvalue weighted by molar-refractivity contribution is -0.274. The predicted molar refractivity (Wildman–Crippen MR) is 73.1 cm³/mol. The first-order valence-electron chi connectivity index (χ1n) is 6.45. The summed E-state index contributed by atoms with van der Waals surface area (Å²) in [6.45, 7) is 4.53. The molecule has 0 bridgehead atoms. The lowest BCUT2D eigenvalue weighted by Crippen LogP contribution is -2.17. The molecule has 7 heteroatoms. The minimum absolute atomic E-state index is 0.245. The third-order valence-corrected chi connectivity index (χ3v) is 2.84. The molecule has 1 heterocycles. The maximum absolute atomic E-state index is 12.2. The topological polar surface area (TPSA) is 39.1 Å². The van der Waals surface area contributed by atoms with Crippen LogP contribution >= 0.6 is 0 Å². The lowest BCUT2D eigenvalue weighted by Gasteiger charge is -2.14. The van der Waals surface area contributed by atoms with Crippen LogP contribution in [0.25, 0.3) is 0 Å². The number of nitrogens with one attached hydrogen (secondary N) is 1. The van der Waals surface area contributed by atoms with Crippen LogP contribution in [0.4, 0.5) is 18.9 Å². The summed E-state index contributed by atoms with van der Waals surface area (Å²) >= 11 is 0. The maximum Gasteiger partial charge on any atom is 0.573 e. The van der Waals surface area contributed by atoms with E-state index in [0.717, 1.165) is 5.69 Å². The van der Waals surface area contributed by atoms with Crippen LogP contribution in [0.5, 0.6) is 5.75 Å². The normalized spacial score (nSPS) is 11.7. The second-order valence-electron chi connectivity index (χ2n) is 4.82. The summed E-state index contributed by atoms with van der Waals surface area (Å²) in [5, 5.41) is 3.06. The Morgan fingerprint density at radius 2 is 2.10 bits per heavy atom. The number of nitrogens with zero attached hydrogens (tertiary/aromatic N) is 2. The first kappa shape index (κ1) is 15.2. The van der Waals surface area contributed by atoms with Gasteiger partial charge in [-0.05, 0) is 26.0 Å². The molecule has 114 valence electrons. The molecule has 1 N–H and O–H groups in total. The zero-order valence-electron chi connectivity index (χ0n) is 11.7. The van der Waals surface area contributed by atoms with Crippen molar-refractivity contribution in [3.63, 3.8) is 0 Å². The van der Waals surface area contributed by atoms with Crippen LogP contribution in [0.15, 0.2) is 36.8 Å². The first-order chi connectivity index (χ1) is 9.85. The number of alkyl halides is 3. The fourth-order valence-electron chi connectivity index (χ4n) is 1.93. The molecule has 1 aromatic heterocycles. The summed E-state index contributed by atoms with van der Waals surface area (Å²) in [7, 11) is 0. The van der Waals surface area contributed by atoms with Gasteiger partial charge in [-0.25, -0.2) is 4.98 Å². The summed E-state index contributed by atoms with van der Waals surface area (Å²) in [4.78, 5) is 4.07. The number of aromatic nitrogens is 2. The molecule has 0 aliphatic heterocycles. The van der Waals surface area contributed by atoms with Crippen LogP contribution < -0.4 is 10.1 Å². The van der Waals surface area contributed by atoms with E-state index < -0.39 is 6.36 Å². The second kappa shape index (κ2) is 6.07. The van der Waals surface area contributed by atoms with E-state index in [4.69, 9.17) is 0 Å². The summed E-state index contributed by atoms with van der Waals surface area (Å²) < 4.78 is 42.4. The fraction of sp³-hybridized carbons (Fsp3) is 0.357. The number of benzene rings is 1. The van der Waals surface area contributed by atoms with Crippen molar-refractivity contribution >= 4 is 5.69 Å². The summed E-state index contributed by atoms with van der Waals surface area (Å²) in [6.07, 6.45) is -1.23. The third kappa shape index (κ3) is 4.40. The zero-order chi connectivity index (χ0) is 15.5. The monoisotopic (exact) mass is 299 g/mol. The van der Waals surface area contributed by atoms with Gasteiger partial charge < -0.3 is 14.6 Å². The standard InChI is InChI=1S/C14H16F3N3O/c1-10(2)20-9-18-7-12(20)8-19-11-4-3-5-13(6-11)21-14(15,16)17/h3-7,9-10,19H,8H2,1-2H3. The number of hydrogen-bond donors (Lipinski definition) is 1. The van der Waals surface area contributed by atoms with Crippen LogP contribution in [-0.2, 0) is 6.54 Å². The van der Waals surface area contributed by atoms with E-state index >= 15 is 0 Å². The molecule has 21 heavy (non-hydrogen) atoms. The molecule has 0 amide bonds. The Labute approximate surface area is 120 Å². The van der Waals surface area contributed by atoms with Gasteiger partial charge in [0.25, 0.3) is 0 Å². The molecule has 0 unspecified atom stereocenters. The van der Waals surface area contributed by atoms with E-state index in [9.17, 15) is 13.2 Å². The highest BCUT2D eigenvalue weighted by Crippen LogP contribution is 2.25. The predicted octanol–water partition coefficient (Wildman–Crippen LogP) is 3.97. The quantitative estimate of drug-likeness (QED) is 0.908. The van der Waals surface area contributed by atoms with E-state index in [-0.39, 0.29) is 11.8 Å². The van der Waals surface area contributed by atoms with Crippen molar-refractivity contribution in [2.45, 2.75) is 32.8 Å². The summed E-state index contributed by atoms with van der Waals surface area (Å²) in [6, 6.07) is 6.02. The number of imidazole rings is 1. The Kier molecular flexibility index (Phi) is 4.40. The largest absolute Gasteiger partial charge is 0.573 e. The number of halogens is 3. The molecule has 0 fully saturated rings. The van der Waals surface area contributed by atoms with Gasteiger partial charge in [0.05, 0.1) is 18.6 Å². The van der Waals surface area contributed by atoms with E-state index in [2.05, 4.69) is 15.0 Å². The van der Waals surface area contributed by atoms with Crippen LogP contribution in [0, 0.1) is 0 Å². The second-order valence-corrected chi connectivity index (χ2v) is 4.82. The van der Waals surface area contributed by atoms with Crippen LogP contribution in [0.1, 0.15) is 25.6 Å². The van der Waals surface area contributed by atoms with Gasteiger partial charge in [-0.15, -0.1) is 13.2 Å². The van der Waals surface area contributed by atoms with Gasteiger partial charge in [-0.3, -0.25) is 0 Å². The number of anilines is 1. The van der Waals surface area contributed by atoms with Gasteiger partial charge in [0.1, 0.15) is 5.75 Å². The van der Waals surface area contributed by atoms with Crippen LogP contribution in [0.2, 0.25) is 0 Å². The molecular formula is C14H16F3N3O. The highest BCUT2D eigenvalue weighted by molar-refractivity contribution is 5.48. The van der Waals surface area contributed by atoms with E-state index in [1.54, 1.807) is 18.6 Å². The number of hydrogen-bond acceptors (Lipinski definition) is 3. The zero-order valence-corrected chi connectivity index (χ0v) is 11.7. The Morgan fingerprint density at radius 3 is 2.76 bits per heavy atom. The highest BCUT2D eigenvalue weighted by atomic mass is 19.4. The summed E-state index contributed by atoms with van der Waals surface area (Å²) in [5.41, 5.74) is 1.50. The van der Waals surface area contributed by atoms with Gasteiger partial charge in [0.15, 0.2) is 0 Å². The molecule has 0 saturated carbocycles. The first-order valence-corrected chi connectivity index (χ1v) is 6.45. The number of rotatable bonds is 5. The van der Waals surface area contributed by atoms with E-state index in [1.807, 2.05) is 18.4 Å². The molecular weight excluding hydrogens is 283 g/mol. The Hall–Kier alpha value is -2.18. The van der Waals surface area contributed by atoms with Crippen molar-refractivity contribution < 1.29 is 17.9 Å². The fourth-order valence-corrected chi connectivity index (χ4v) is 1.93. The average Bonchev–Trinajstić information content (AvgIpc) is 2.83. The minimum Gasteiger partial charge on any atom is -0.406 e. The number of ether oxygens (including phenoxy) is 1. The Morgan fingerprint density at radius 1 is 1.33 bits per heavy atom. The molecule has 0 atom stereocenters. The molecule has 1 aromatic carbocycles. The molecule has 4 nitrogen and oxygen atoms in total.